The Morgan fingerprint density at radius 2 is 1.76 bits per heavy atom. The van der Waals surface area contributed by atoms with Crippen molar-refractivity contribution in [1.82, 2.24) is 0 Å². The first kappa shape index (κ1) is 16.6. The molecule has 7 heteroatoms. The van der Waals surface area contributed by atoms with Crippen LogP contribution in [0.2, 0.25) is 0 Å². The van der Waals surface area contributed by atoms with Gasteiger partial charge in [0.25, 0.3) is 0 Å². The second-order valence-corrected chi connectivity index (χ2v) is 5.05. The van der Waals surface area contributed by atoms with E-state index in [9.17, 15) is 18.4 Å². The molecule has 128 valence electrons. The number of carbonyl (C=O) groups is 2. The van der Waals surface area contributed by atoms with Crippen molar-refractivity contribution in [2.75, 3.05) is 6.61 Å². The second kappa shape index (κ2) is 7.12. The summed E-state index contributed by atoms with van der Waals surface area (Å²) in [7, 11) is 0. The summed E-state index contributed by atoms with van der Waals surface area (Å²) in [6.45, 7) is -3.43. The first-order valence-corrected chi connectivity index (χ1v) is 7.27. The van der Waals surface area contributed by atoms with Crippen molar-refractivity contribution in [2.24, 2.45) is 0 Å². The van der Waals surface area contributed by atoms with Gasteiger partial charge in [0.05, 0.1) is 0 Å². The number of benzene rings is 2. The summed E-state index contributed by atoms with van der Waals surface area (Å²) in [5.74, 6) is -1.31. The molecule has 5 nitrogen and oxygen atoms in total. The maximum absolute atomic E-state index is 12.1. The molecule has 0 saturated heterocycles. The number of carbonyl (C=O) groups excluding carboxylic acids is 2. The van der Waals surface area contributed by atoms with Crippen molar-refractivity contribution < 1.29 is 32.3 Å². The number of alkyl halides is 2. The number of ether oxygens (including phenoxy) is 2. The average Bonchev–Trinajstić information content (AvgIpc) is 3.03. The summed E-state index contributed by atoms with van der Waals surface area (Å²) in [6, 6.07) is 13.7. The summed E-state index contributed by atoms with van der Waals surface area (Å²) < 4.78 is 38.6. The minimum Gasteiger partial charge on any atom is -0.451 e. The van der Waals surface area contributed by atoms with Crippen LogP contribution >= 0.6 is 0 Å². The van der Waals surface area contributed by atoms with Crippen LogP contribution in [-0.2, 0) is 4.74 Å². The van der Waals surface area contributed by atoms with Crippen LogP contribution in [0, 0.1) is 0 Å². The van der Waals surface area contributed by atoms with E-state index >= 15 is 0 Å². The molecule has 0 aliphatic carbocycles. The number of fused-ring (bicyclic) bond motifs is 1. The van der Waals surface area contributed by atoms with Gasteiger partial charge in [-0.05, 0) is 36.4 Å². The summed E-state index contributed by atoms with van der Waals surface area (Å²) >= 11 is 0. The molecule has 0 radical (unpaired) electrons. The SMILES string of the molecule is O=C(COC(=O)c1cc2ccccc2o1)c1ccc(OC(F)F)cc1. The zero-order valence-electron chi connectivity index (χ0n) is 12.8. The Kier molecular flexibility index (Phi) is 4.74. The molecule has 0 atom stereocenters. The molecule has 1 aromatic heterocycles. The van der Waals surface area contributed by atoms with Crippen molar-refractivity contribution in [1.29, 1.82) is 0 Å². The predicted octanol–water partition coefficient (Wildman–Crippen LogP) is 4.07. The second-order valence-electron chi connectivity index (χ2n) is 5.05. The van der Waals surface area contributed by atoms with Crippen LogP contribution in [0.25, 0.3) is 11.0 Å². The maximum atomic E-state index is 12.1. The smallest absolute Gasteiger partial charge is 0.387 e. The van der Waals surface area contributed by atoms with Gasteiger partial charge in [0.1, 0.15) is 11.3 Å². The zero-order chi connectivity index (χ0) is 17.8. The van der Waals surface area contributed by atoms with E-state index in [-0.39, 0.29) is 17.1 Å². The molecule has 3 rings (SSSR count). The third-order valence-corrected chi connectivity index (χ3v) is 3.36. The highest BCUT2D eigenvalue weighted by atomic mass is 19.3. The number of hydrogen-bond acceptors (Lipinski definition) is 5. The molecule has 0 aliphatic heterocycles. The first-order chi connectivity index (χ1) is 12.0. The van der Waals surface area contributed by atoms with E-state index in [2.05, 4.69) is 4.74 Å². The molecule has 1 heterocycles. The Morgan fingerprint density at radius 1 is 1.04 bits per heavy atom. The highest BCUT2D eigenvalue weighted by molar-refractivity contribution is 5.99. The van der Waals surface area contributed by atoms with E-state index in [1.807, 2.05) is 0 Å². The van der Waals surface area contributed by atoms with Crippen molar-refractivity contribution in [3.63, 3.8) is 0 Å². The van der Waals surface area contributed by atoms with Crippen LogP contribution in [0.15, 0.2) is 59.0 Å². The third kappa shape index (κ3) is 4.00. The van der Waals surface area contributed by atoms with Crippen molar-refractivity contribution in [3.8, 4) is 5.75 Å². The van der Waals surface area contributed by atoms with Crippen LogP contribution in [-0.4, -0.2) is 25.0 Å². The van der Waals surface area contributed by atoms with Gasteiger partial charge >= 0.3 is 12.6 Å². The van der Waals surface area contributed by atoms with Crippen LogP contribution < -0.4 is 4.74 Å². The molecule has 0 N–H and O–H groups in total. The molecule has 0 bridgehead atoms. The molecule has 0 aliphatic rings. The van der Waals surface area contributed by atoms with Crippen LogP contribution in [0.5, 0.6) is 5.75 Å². The largest absolute Gasteiger partial charge is 0.451 e. The normalized spacial score (nSPS) is 10.8. The van der Waals surface area contributed by atoms with Crippen molar-refractivity contribution >= 4 is 22.7 Å². The minimum atomic E-state index is -2.94. The molecule has 0 unspecified atom stereocenters. The highest BCUT2D eigenvalue weighted by Crippen LogP contribution is 2.20. The molecule has 0 fully saturated rings. The van der Waals surface area contributed by atoms with Crippen LogP contribution in [0.1, 0.15) is 20.9 Å². The molecular formula is C18H12F2O5. The lowest BCUT2D eigenvalue weighted by Gasteiger charge is -2.05. The number of rotatable bonds is 6. The zero-order valence-corrected chi connectivity index (χ0v) is 12.8. The monoisotopic (exact) mass is 346 g/mol. The Balaban J connectivity index is 1.60. The lowest BCUT2D eigenvalue weighted by Crippen LogP contribution is -2.14. The lowest BCUT2D eigenvalue weighted by atomic mass is 10.1. The third-order valence-electron chi connectivity index (χ3n) is 3.36. The Morgan fingerprint density at radius 3 is 2.44 bits per heavy atom. The van der Waals surface area contributed by atoms with E-state index in [0.717, 1.165) is 5.39 Å². The predicted molar refractivity (Wildman–Crippen MR) is 83.9 cm³/mol. The molecule has 0 saturated carbocycles. The molecule has 2 aromatic carbocycles. The summed E-state index contributed by atoms with van der Waals surface area (Å²) in [5.41, 5.74) is 0.745. The Hall–Kier alpha value is -3.22. The fourth-order valence-corrected chi connectivity index (χ4v) is 2.19. The Bertz CT molecular complexity index is 866. The molecule has 3 aromatic rings. The van der Waals surface area contributed by atoms with E-state index in [0.29, 0.717) is 5.58 Å². The summed E-state index contributed by atoms with van der Waals surface area (Å²) in [5, 5.41) is 0.746. The molecular weight excluding hydrogens is 334 g/mol. The van der Waals surface area contributed by atoms with E-state index in [4.69, 9.17) is 9.15 Å². The standard InChI is InChI=1S/C18H12F2O5/c19-18(20)24-13-7-5-11(6-8-13)14(21)10-23-17(22)16-9-12-3-1-2-4-15(12)25-16/h1-9,18H,10H2. The van der Waals surface area contributed by atoms with Crippen LogP contribution in [0.4, 0.5) is 8.78 Å². The van der Waals surface area contributed by atoms with E-state index < -0.39 is 25.0 Å². The van der Waals surface area contributed by atoms with Gasteiger partial charge in [0, 0.05) is 10.9 Å². The van der Waals surface area contributed by atoms with Gasteiger partial charge in [-0.2, -0.15) is 8.78 Å². The first-order valence-electron chi connectivity index (χ1n) is 7.27. The van der Waals surface area contributed by atoms with Gasteiger partial charge in [0.15, 0.2) is 12.4 Å². The van der Waals surface area contributed by atoms with Gasteiger partial charge < -0.3 is 13.9 Å². The van der Waals surface area contributed by atoms with Crippen LogP contribution in [0.3, 0.4) is 0 Å². The van der Waals surface area contributed by atoms with E-state index in [1.165, 1.54) is 30.3 Å². The van der Waals surface area contributed by atoms with Gasteiger partial charge in [-0.15, -0.1) is 0 Å². The summed E-state index contributed by atoms with van der Waals surface area (Å²) in [6.07, 6.45) is 0. The minimum absolute atomic E-state index is 0.00492. The molecule has 0 amide bonds. The number of esters is 1. The number of Topliss-reactive ketones (excluding diaryl/α,β-unsaturated/α-hetero) is 1. The number of ketones is 1. The summed E-state index contributed by atoms with van der Waals surface area (Å²) in [4.78, 5) is 23.9. The molecule has 0 spiro atoms. The van der Waals surface area contributed by atoms with Crippen molar-refractivity contribution in [2.45, 2.75) is 6.61 Å². The number of halogens is 2. The van der Waals surface area contributed by atoms with E-state index in [1.54, 1.807) is 24.3 Å². The quantitative estimate of drug-likeness (QED) is 0.497. The Labute approximate surface area is 140 Å². The highest BCUT2D eigenvalue weighted by Gasteiger charge is 2.16. The van der Waals surface area contributed by atoms with Crippen molar-refractivity contribution in [3.05, 3.63) is 65.9 Å². The fraction of sp³-hybridized carbons (Fsp3) is 0.111. The average molecular weight is 346 g/mol. The number of hydrogen-bond donors (Lipinski definition) is 0. The number of furan rings is 1. The topological polar surface area (TPSA) is 65.7 Å². The number of para-hydroxylation sites is 1. The van der Waals surface area contributed by atoms with Gasteiger partial charge in [0.2, 0.25) is 5.76 Å². The lowest BCUT2D eigenvalue weighted by molar-refractivity contribution is -0.0498. The van der Waals surface area contributed by atoms with Gasteiger partial charge in [-0.3, -0.25) is 4.79 Å². The van der Waals surface area contributed by atoms with Gasteiger partial charge in [-0.25, -0.2) is 4.79 Å². The molecule has 25 heavy (non-hydrogen) atoms. The van der Waals surface area contributed by atoms with Gasteiger partial charge in [-0.1, -0.05) is 18.2 Å². The maximum Gasteiger partial charge on any atom is 0.387 e. The fourth-order valence-electron chi connectivity index (χ4n) is 2.19.